The fourth-order valence-electron chi connectivity index (χ4n) is 2.75. The molecule has 0 aliphatic carbocycles. The molecule has 0 fully saturated rings. The van der Waals surface area contributed by atoms with E-state index in [-0.39, 0.29) is 12.6 Å². The van der Waals surface area contributed by atoms with Gasteiger partial charge in [0.1, 0.15) is 17.9 Å². The van der Waals surface area contributed by atoms with E-state index in [9.17, 15) is 9.59 Å². The monoisotopic (exact) mass is 352 g/mol. The SMILES string of the molecule is COc1ccc2c(COC(=O)C(C)(C)c3ccccc3)cc(=O)oc2c1. The van der Waals surface area contributed by atoms with Gasteiger partial charge in [0.2, 0.25) is 0 Å². The second-order valence-corrected chi connectivity index (χ2v) is 6.52. The van der Waals surface area contributed by atoms with Crippen molar-refractivity contribution in [2.75, 3.05) is 7.11 Å². The van der Waals surface area contributed by atoms with Crippen molar-refractivity contribution in [3.8, 4) is 5.75 Å². The lowest BCUT2D eigenvalue weighted by atomic mass is 9.85. The predicted molar refractivity (Wildman–Crippen MR) is 98.3 cm³/mol. The second-order valence-electron chi connectivity index (χ2n) is 6.52. The minimum Gasteiger partial charge on any atom is -0.497 e. The standard InChI is InChI=1S/C21H20O5/c1-21(2,15-7-5-4-6-8-15)20(23)25-13-14-11-19(22)26-18-12-16(24-3)9-10-17(14)18/h4-12H,13H2,1-3H3. The van der Waals surface area contributed by atoms with Crippen LogP contribution in [0, 0.1) is 0 Å². The van der Waals surface area contributed by atoms with Crippen molar-refractivity contribution in [2.24, 2.45) is 0 Å². The number of rotatable bonds is 5. The number of esters is 1. The van der Waals surface area contributed by atoms with Crippen LogP contribution in [0.25, 0.3) is 11.0 Å². The highest BCUT2D eigenvalue weighted by Crippen LogP contribution is 2.27. The summed E-state index contributed by atoms with van der Waals surface area (Å²) in [6.07, 6.45) is 0. The first-order chi connectivity index (χ1) is 12.4. The highest BCUT2D eigenvalue weighted by atomic mass is 16.5. The van der Waals surface area contributed by atoms with Gasteiger partial charge >= 0.3 is 11.6 Å². The molecule has 5 heteroatoms. The minimum atomic E-state index is -0.792. The molecule has 0 aliphatic heterocycles. The Labute approximate surface area is 151 Å². The Morgan fingerprint density at radius 3 is 2.50 bits per heavy atom. The van der Waals surface area contributed by atoms with Gasteiger partial charge < -0.3 is 13.9 Å². The Bertz CT molecular complexity index is 986. The summed E-state index contributed by atoms with van der Waals surface area (Å²) in [6, 6.07) is 16.0. The number of ether oxygens (including phenoxy) is 2. The van der Waals surface area contributed by atoms with Crippen LogP contribution in [0.2, 0.25) is 0 Å². The van der Waals surface area contributed by atoms with Crippen molar-refractivity contribution in [1.82, 2.24) is 0 Å². The van der Waals surface area contributed by atoms with E-state index in [0.717, 1.165) is 5.56 Å². The van der Waals surface area contributed by atoms with Crippen molar-refractivity contribution in [2.45, 2.75) is 25.9 Å². The quantitative estimate of drug-likeness (QED) is 0.516. The number of hydrogen-bond donors (Lipinski definition) is 0. The van der Waals surface area contributed by atoms with E-state index in [2.05, 4.69) is 0 Å². The molecule has 0 radical (unpaired) electrons. The van der Waals surface area contributed by atoms with Crippen LogP contribution >= 0.6 is 0 Å². The molecular formula is C21H20O5. The molecule has 1 aromatic heterocycles. The van der Waals surface area contributed by atoms with Crippen LogP contribution in [0.15, 0.2) is 63.8 Å². The Balaban J connectivity index is 1.85. The topological polar surface area (TPSA) is 65.7 Å². The maximum atomic E-state index is 12.6. The fourth-order valence-corrected chi connectivity index (χ4v) is 2.75. The summed E-state index contributed by atoms with van der Waals surface area (Å²) in [5, 5.41) is 0.704. The van der Waals surface area contributed by atoms with Crippen molar-refractivity contribution >= 4 is 16.9 Å². The van der Waals surface area contributed by atoms with E-state index in [4.69, 9.17) is 13.9 Å². The zero-order valence-electron chi connectivity index (χ0n) is 14.9. The normalized spacial score (nSPS) is 11.3. The molecule has 0 bridgehead atoms. The van der Waals surface area contributed by atoms with E-state index in [1.807, 2.05) is 44.2 Å². The predicted octanol–water partition coefficient (Wildman–Crippen LogP) is 3.82. The summed E-state index contributed by atoms with van der Waals surface area (Å²) in [6.45, 7) is 3.61. The summed E-state index contributed by atoms with van der Waals surface area (Å²) in [7, 11) is 1.54. The van der Waals surface area contributed by atoms with E-state index in [1.165, 1.54) is 13.2 Å². The number of carbonyl (C=O) groups excluding carboxylic acids is 1. The van der Waals surface area contributed by atoms with Gasteiger partial charge in [0, 0.05) is 23.1 Å². The lowest BCUT2D eigenvalue weighted by Gasteiger charge is -2.23. The van der Waals surface area contributed by atoms with Gasteiger partial charge in [0.05, 0.1) is 12.5 Å². The number of methoxy groups -OCH3 is 1. The van der Waals surface area contributed by atoms with Crippen LogP contribution in [0.5, 0.6) is 5.75 Å². The number of fused-ring (bicyclic) bond motifs is 1. The van der Waals surface area contributed by atoms with E-state index < -0.39 is 11.0 Å². The summed E-state index contributed by atoms with van der Waals surface area (Å²) < 4.78 is 15.9. The lowest BCUT2D eigenvalue weighted by molar-refractivity contribution is -0.150. The lowest BCUT2D eigenvalue weighted by Crippen LogP contribution is -2.31. The maximum Gasteiger partial charge on any atom is 0.336 e. The van der Waals surface area contributed by atoms with Gasteiger partial charge in [-0.05, 0) is 31.5 Å². The molecule has 5 nitrogen and oxygen atoms in total. The van der Waals surface area contributed by atoms with Gasteiger partial charge in [0.25, 0.3) is 0 Å². The molecule has 0 N–H and O–H groups in total. The summed E-state index contributed by atoms with van der Waals surface area (Å²) >= 11 is 0. The molecule has 2 aromatic carbocycles. The Kier molecular flexibility index (Phi) is 4.80. The summed E-state index contributed by atoms with van der Waals surface area (Å²) in [4.78, 5) is 24.4. The second kappa shape index (κ2) is 7.04. The van der Waals surface area contributed by atoms with Crippen molar-refractivity contribution < 1.29 is 18.7 Å². The highest BCUT2D eigenvalue weighted by Gasteiger charge is 2.31. The highest BCUT2D eigenvalue weighted by molar-refractivity contribution is 5.84. The smallest absolute Gasteiger partial charge is 0.336 e. The van der Waals surface area contributed by atoms with Gasteiger partial charge in [-0.1, -0.05) is 30.3 Å². The zero-order valence-corrected chi connectivity index (χ0v) is 14.9. The maximum absolute atomic E-state index is 12.6. The van der Waals surface area contributed by atoms with Crippen LogP contribution in [-0.2, 0) is 21.6 Å². The van der Waals surface area contributed by atoms with Gasteiger partial charge in [-0.2, -0.15) is 0 Å². The van der Waals surface area contributed by atoms with Crippen molar-refractivity contribution in [3.05, 3.63) is 76.1 Å². The van der Waals surface area contributed by atoms with Crippen molar-refractivity contribution in [1.29, 1.82) is 0 Å². The molecule has 0 aliphatic rings. The largest absolute Gasteiger partial charge is 0.497 e. The Morgan fingerprint density at radius 1 is 1.08 bits per heavy atom. The van der Waals surface area contributed by atoms with E-state index in [1.54, 1.807) is 18.2 Å². The Morgan fingerprint density at radius 2 is 1.81 bits per heavy atom. The molecule has 0 amide bonds. The molecule has 3 aromatic rings. The molecule has 26 heavy (non-hydrogen) atoms. The van der Waals surface area contributed by atoms with Gasteiger partial charge in [-0.25, -0.2) is 4.79 Å². The number of carbonyl (C=O) groups is 1. The number of hydrogen-bond acceptors (Lipinski definition) is 5. The summed E-state index contributed by atoms with van der Waals surface area (Å²) in [5.41, 5.74) is 0.562. The van der Waals surface area contributed by atoms with Crippen molar-refractivity contribution in [3.63, 3.8) is 0 Å². The average Bonchev–Trinajstić information content (AvgIpc) is 2.65. The van der Waals surface area contributed by atoms with Crippen LogP contribution in [0.1, 0.15) is 25.0 Å². The number of benzene rings is 2. The van der Waals surface area contributed by atoms with Crippen LogP contribution < -0.4 is 10.4 Å². The molecule has 0 saturated carbocycles. The van der Waals surface area contributed by atoms with Crippen LogP contribution in [0.4, 0.5) is 0 Å². The van der Waals surface area contributed by atoms with Gasteiger partial charge in [0.15, 0.2) is 0 Å². The van der Waals surface area contributed by atoms with E-state index in [0.29, 0.717) is 22.3 Å². The average molecular weight is 352 g/mol. The van der Waals surface area contributed by atoms with Crippen LogP contribution in [-0.4, -0.2) is 13.1 Å². The van der Waals surface area contributed by atoms with Gasteiger partial charge in [-0.15, -0.1) is 0 Å². The zero-order chi connectivity index (χ0) is 18.7. The first kappa shape index (κ1) is 17.7. The third-order valence-electron chi connectivity index (χ3n) is 4.40. The molecule has 0 saturated heterocycles. The van der Waals surface area contributed by atoms with E-state index >= 15 is 0 Å². The molecule has 134 valence electrons. The molecule has 3 rings (SSSR count). The van der Waals surface area contributed by atoms with Gasteiger partial charge in [-0.3, -0.25) is 4.79 Å². The third-order valence-corrected chi connectivity index (χ3v) is 4.40. The molecule has 0 spiro atoms. The molecule has 1 heterocycles. The first-order valence-corrected chi connectivity index (χ1v) is 8.25. The third kappa shape index (κ3) is 3.47. The molecule has 0 atom stereocenters. The molecular weight excluding hydrogens is 332 g/mol. The van der Waals surface area contributed by atoms with Crippen LogP contribution in [0.3, 0.4) is 0 Å². The fraction of sp³-hybridized carbons (Fsp3) is 0.238. The minimum absolute atomic E-state index is 0.0104. The molecule has 0 unspecified atom stereocenters. The Hall–Kier alpha value is -3.08. The summed E-state index contributed by atoms with van der Waals surface area (Å²) in [5.74, 6) is 0.221. The first-order valence-electron chi connectivity index (χ1n) is 8.25.